The van der Waals surface area contributed by atoms with Crippen molar-refractivity contribution in [2.24, 2.45) is 0 Å². The number of nitrogens with one attached hydrogen (secondary N) is 1. The summed E-state index contributed by atoms with van der Waals surface area (Å²) in [5, 5.41) is 3.45. The number of halogens is 2. The Morgan fingerprint density at radius 3 is 2.74 bits per heavy atom. The van der Waals surface area contributed by atoms with Crippen molar-refractivity contribution in [3.05, 3.63) is 51.8 Å². The zero-order valence-corrected chi connectivity index (χ0v) is 11.6. The lowest BCUT2D eigenvalue weighted by Crippen LogP contribution is -2.15. The Hall–Kier alpha value is -1.78. The Morgan fingerprint density at radius 1 is 1.32 bits per heavy atom. The molecule has 0 radical (unpaired) electrons. The first kappa shape index (κ1) is 13.6. The largest absolute Gasteiger partial charge is 0.397 e. The number of nitrogens with two attached hydrogens (primary N) is 1. The Kier molecular flexibility index (Phi) is 3.93. The van der Waals surface area contributed by atoms with Crippen LogP contribution in [-0.4, -0.2) is 10.9 Å². The number of benzene rings is 1. The quantitative estimate of drug-likeness (QED) is 0.890. The minimum absolute atomic E-state index is 0.292. The van der Waals surface area contributed by atoms with Gasteiger partial charge in [0.1, 0.15) is 0 Å². The van der Waals surface area contributed by atoms with Crippen LogP contribution < -0.4 is 11.1 Å². The fourth-order valence-corrected chi connectivity index (χ4v) is 2.03. The summed E-state index contributed by atoms with van der Waals surface area (Å²) in [7, 11) is 0. The van der Waals surface area contributed by atoms with Gasteiger partial charge in [-0.1, -0.05) is 29.3 Å². The van der Waals surface area contributed by atoms with E-state index in [-0.39, 0.29) is 5.91 Å². The fraction of sp³-hybridized carbons (Fsp3) is 0.0769. The molecule has 0 fully saturated rings. The second-order valence-corrected chi connectivity index (χ2v) is 4.76. The molecule has 1 amide bonds. The van der Waals surface area contributed by atoms with Gasteiger partial charge < -0.3 is 11.1 Å². The number of nitrogens with zero attached hydrogens (tertiary/aromatic N) is 1. The molecule has 4 nitrogen and oxygen atoms in total. The van der Waals surface area contributed by atoms with Crippen molar-refractivity contribution in [2.45, 2.75) is 6.92 Å². The average molecular weight is 296 g/mol. The molecule has 1 aromatic heterocycles. The molecule has 1 heterocycles. The zero-order chi connectivity index (χ0) is 14.0. The maximum atomic E-state index is 12.1. The Morgan fingerprint density at radius 2 is 2.05 bits per heavy atom. The van der Waals surface area contributed by atoms with E-state index < -0.39 is 0 Å². The topological polar surface area (TPSA) is 68.0 Å². The van der Waals surface area contributed by atoms with Crippen molar-refractivity contribution in [3.63, 3.8) is 0 Å². The van der Waals surface area contributed by atoms with Gasteiger partial charge in [0.05, 0.1) is 33.2 Å². The SMILES string of the molecule is Cc1ccc(Cl)c(NC(=O)c2ccncc2N)c1Cl. The first-order valence-electron chi connectivity index (χ1n) is 5.46. The van der Waals surface area contributed by atoms with E-state index in [1.807, 2.05) is 6.92 Å². The Balaban J connectivity index is 2.35. The van der Waals surface area contributed by atoms with Gasteiger partial charge in [0, 0.05) is 6.20 Å². The molecule has 0 atom stereocenters. The van der Waals surface area contributed by atoms with Crippen molar-refractivity contribution < 1.29 is 4.79 Å². The second kappa shape index (κ2) is 5.47. The molecule has 2 aromatic rings. The van der Waals surface area contributed by atoms with Gasteiger partial charge in [0.15, 0.2) is 0 Å². The lowest BCUT2D eigenvalue weighted by atomic mass is 10.2. The highest BCUT2D eigenvalue weighted by Crippen LogP contribution is 2.33. The molecule has 1 aromatic carbocycles. The number of hydrogen-bond donors (Lipinski definition) is 2. The summed E-state index contributed by atoms with van der Waals surface area (Å²) in [6, 6.07) is 4.98. The van der Waals surface area contributed by atoms with E-state index in [4.69, 9.17) is 28.9 Å². The van der Waals surface area contributed by atoms with Crippen LogP contribution in [0.1, 0.15) is 15.9 Å². The van der Waals surface area contributed by atoms with Gasteiger partial charge in [-0.15, -0.1) is 0 Å². The summed E-state index contributed by atoms with van der Waals surface area (Å²) in [5.74, 6) is -0.380. The van der Waals surface area contributed by atoms with Crippen LogP contribution in [0.5, 0.6) is 0 Å². The number of carbonyl (C=O) groups is 1. The summed E-state index contributed by atoms with van der Waals surface area (Å²) >= 11 is 12.2. The molecule has 0 aliphatic heterocycles. The maximum absolute atomic E-state index is 12.1. The highest BCUT2D eigenvalue weighted by molar-refractivity contribution is 6.40. The highest BCUT2D eigenvalue weighted by Gasteiger charge is 2.14. The van der Waals surface area contributed by atoms with Gasteiger partial charge in [-0.2, -0.15) is 0 Å². The molecule has 3 N–H and O–H groups in total. The van der Waals surface area contributed by atoms with Crippen LogP contribution in [0.2, 0.25) is 10.0 Å². The maximum Gasteiger partial charge on any atom is 0.257 e. The van der Waals surface area contributed by atoms with Gasteiger partial charge in [-0.05, 0) is 24.6 Å². The first-order chi connectivity index (χ1) is 9.00. The van der Waals surface area contributed by atoms with Crippen LogP contribution in [0.15, 0.2) is 30.6 Å². The van der Waals surface area contributed by atoms with E-state index in [0.29, 0.717) is 27.0 Å². The predicted molar refractivity (Wildman–Crippen MR) is 77.8 cm³/mol. The monoisotopic (exact) mass is 295 g/mol. The molecule has 0 spiro atoms. The molecular weight excluding hydrogens is 285 g/mol. The van der Waals surface area contributed by atoms with Gasteiger partial charge in [-0.25, -0.2) is 0 Å². The molecule has 0 aliphatic carbocycles. The number of aromatic nitrogens is 1. The number of pyridine rings is 1. The number of rotatable bonds is 2. The molecule has 98 valence electrons. The number of hydrogen-bond acceptors (Lipinski definition) is 3. The number of amides is 1. The van der Waals surface area contributed by atoms with Crippen molar-refractivity contribution in [2.75, 3.05) is 11.1 Å². The molecule has 0 bridgehead atoms. The average Bonchev–Trinajstić information content (AvgIpc) is 2.39. The van der Waals surface area contributed by atoms with Crippen molar-refractivity contribution >= 4 is 40.5 Å². The number of nitrogen functional groups attached to an aromatic ring is 1. The van der Waals surface area contributed by atoms with Crippen LogP contribution in [0, 0.1) is 6.92 Å². The van der Waals surface area contributed by atoms with Crippen LogP contribution in [0.4, 0.5) is 11.4 Å². The second-order valence-electron chi connectivity index (χ2n) is 3.97. The van der Waals surface area contributed by atoms with Crippen molar-refractivity contribution in [1.29, 1.82) is 0 Å². The third kappa shape index (κ3) is 2.80. The van der Waals surface area contributed by atoms with Crippen LogP contribution in [0.25, 0.3) is 0 Å². The van der Waals surface area contributed by atoms with Crippen molar-refractivity contribution in [3.8, 4) is 0 Å². The Labute approximate surface area is 120 Å². The summed E-state index contributed by atoms with van der Waals surface area (Å²) in [6.07, 6.45) is 2.90. The van der Waals surface area contributed by atoms with E-state index in [1.165, 1.54) is 18.5 Å². The van der Waals surface area contributed by atoms with Crippen LogP contribution in [-0.2, 0) is 0 Å². The van der Waals surface area contributed by atoms with E-state index in [9.17, 15) is 4.79 Å². The minimum Gasteiger partial charge on any atom is -0.397 e. The molecule has 0 unspecified atom stereocenters. The normalized spacial score (nSPS) is 10.3. The number of aryl methyl sites for hydroxylation is 1. The summed E-state index contributed by atoms with van der Waals surface area (Å²) in [4.78, 5) is 15.9. The molecule has 2 rings (SSSR count). The highest BCUT2D eigenvalue weighted by atomic mass is 35.5. The first-order valence-corrected chi connectivity index (χ1v) is 6.21. The standard InChI is InChI=1S/C13H11Cl2N3O/c1-7-2-3-9(14)12(11(7)15)18-13(19)8-4-5-17-6-10(8)16/h2-6H,16H2,1H3,(H,18,19). The fourth-order valence-electron chi connectivity index (χ4n) is 1.57. The van der Waals surface area contributed by atoms with E-state index >= 15 is 0 Å². The van der Waals surface area contributed by atoms with Crippen molar-refractivity contribution in [1.82, 2.24) is 4.98 Å². The van der Waals surface area contributed by atoms with Gasteiger partial charge >= 0.3 is 0 Å². The lowest BCUT2D eigenvalue weighted by Gasteiger charge is -2.11. The van der Waals surface area contributed by atoms with Gasteiger partial charge in [0.2, 0.25) is 0 Å². The zero-order valence-electron chi connectivity index (χ0n) is 10.1. The molecule has 0 saturated heterocycles. The third-order valence-corrected chi connectivity index (χ3v) is 3.42. The summed E-state index contributed by atoms with van der Waals surface area (Å²) in [6.45, 7) is 1.83. The van der Waals surface area contributed by atoms with Gasteiger partial charge in [0.25, 0.3) is 5.91 Å². The third-order valence-electron chi connectivity index (χ3n) is 2.62. The number of carbonyl (C=O) groups excluding carboxylic acids is 1. The Bertz CT molecular complexity index is 644. The summed E-state index contributed by atoms with van der Waals surface area (Å²) < 4.78 is 0. The molecular formula is C13H11Cl2N3O. The molecule has 19 heavy (non-hydrogen) atoms. The minimum atomic E-state index is -0.380. The van der Waals surface area contributed by atoms with Gasteiger partial charge in [-0.3, -0.25) is 9.78 Å². The smallest absolute Gasteiger partial charge is 0.257 e. The van der Waals surface area contributed by atoms with E-state index in [1.54, 1.807) is 12.1 Å². The predicted octanol–water partition coefficient (Wildman–Crippen LogP) is 3.53. The van der Waals surface area contributed by atoms with Crippen LogP contribution in [0.3, 0.4) is 0 Å². The van der Waals surface area contributed by atoms with E-state index in [2.05, 4.69) is 10.3 Å². The van der Waals surface area contributed by atoms with Crippen LogP contribution >= 0.6 is 23.2 Å². The molecule has 0 aliphatic rings. The van der Waals surface area contributed by atoms with E-state index in [0.717, 1.165) is 5.56 Å². The molecule has 0 saturated carbocycles. The molecule has 6 heteroatoms. The summed E-state index contributed by atoms with van der Waals surface area (Å²) in [5.41, 5.74) is 7.51. The number of anilines is 2. The lowest BCUT2D eigenvalue weighted by molar-refractivity contribution is 0.102.